The molecular weight excluding hydrogens is 380 g/mol. The van der Waals surface area contributed by atoms with Crippen LogP contribution in [0, 0.1) is 0 Å². The lowest BCUT2D eigenvalue weighted by Gasteiger charge is -2.08. The molecule has 0 unspecified atom stereocenters. The second-order valence-corrected chi connectivity index (χ2v) is 6.22. The van der Waals surface area contributed by atoms with Crippen molar-refractivity contribution in [2.24, 2.45) is 0 Å². The van der Waals surface area contributed by atoms with Crippen molar-refractivity contribution < 1.29 is 14.4 Å². The van der Waals surface area contributed by atoms with E-state index in [1.54, 1.807) is 0 Å². The van der Waals surface area contributed by atoms with Crippen LogP contribution in [0.2, 0.25) is 0 Å². The molecule has 0 aliphatic heterocycles. The van der Waals surface area contributed by atoms with Crippen LogP contribution < -0.4 is 27.3 Å². The molecule has 3 N–H and O–H groups in total. The van der Waals surface area contributed by atoms with Crippen LogP contribution in [-0.4, -0.2) is 45.0 Å². The summed E-state index contributed by atoms with van der Waals surface area (Å²) in [4.78, 5) is 61.7. The topological polar surface area (TPSA) is 136 Å². The van der Waals surface area contributed by atoms with Gasteiger partial charge in [0.2, 0.25) is 5.91 Å². The lowest BCUT2D eigenvalue weighted by atomic mass is 10.3. The fourth-order valence-corrected chi connectivity index (χ4v) is 2.53. The molecular formula is C18H24N6O5. The van der Waals surface area contributed by atoms with Crippen LogP contribution in [0.4, 0.5) is 15.3 Å². The van der Waals surface area contributed by atoms with Gasteiger partial charge < -0.3 is 16.0 Å². The molecule has 29 heavy (non-hydrogen) atoms. The Labute approximate surface area is 166 Å². The third kappa shape index (κ3) is 4.81. The van der Waals surface area contributed by atoms with Crippen molar-refractivity contribution in [3.05, 3.63) is 45.2 Å². The first-order valence-electron chi connectivity index (χ1n) is 9.23. The Kier molecular flexibility index (Phi) is 7.12. The highest BCUT2D eigenvalue weighted by Crippen LogP contribution is 2.11. The number of nitrogens with one attached hydrogen (secondary N) is 3. The molecule has 0 spiro atoms. The van der Waals surface area contributed by atoms with E-state index in [0.29, 0.717) is 32.5 Å². The molecule has 3 amide bonds. The lowest BCUT2D eigenvalue weighted by Crippen LogP contribution is -2.46. The van der Waals surface area contributed by atoms with E-state index in [0.717, 1.165) is 0 Å². The molecule has 0 atom stereocenters. The summed E-state index contributed by atoms with van der Waals surface area (Å²) in [5.74, 6) is -0.274. The number of carbonyl (C=O) groups excluding carboxylic acids is 3. The summed E-state index contributed by atoms with van der Waals surface area (Å²) in [7, 11) is 0. The van der Waals surface area contributed by atoms with Gasteiger partial charge in [-0.2, -0.15) is 0 Å². The molecule has 0 bridgehead atoms. The zero-order valence-corrected chi connectivity index (χ0v) is 16.5. The Hall–Kier alpha value is -3.63. The number of amides is 3. The summed E-state index contributed by atoms with van der Waals surface area (Å²) in [6, 6.07) is 4.09. The van der Waals surface area contributed by atoms with E-state index in [2.05, 4.69) is 16.0 Å². The quantitative estimate of drug-likeness (QED) is 0.651. The van der Waals surface area contributed by atoms with Crippen LogP contribution in [0.25, 0.3) is 5.69 Å². The molecule has 2 aromatic rings. The number of benzene rings is 1. The predicted octanol–water partition coefficient (Wildman–Crippen LogP) is 0.695. The largest absolute Gasteiger partial charge is 0.361 e. The molecule has 0 fully saturated rings. The average Bonchev–Trinajstić information content (AvgIpc) is 2.95. The summed E-state index contributed by atoms with van der Waals surface area (Å²) in [5, 5.41) is 7.54. The molecule has 11 heteroatoms. The minimum absolute atomic E-state index is 0.146. The second kappa shape index (κ2) is 9.53. The minimum Gasteiger partial charge on any atom is -0.336 e. The SMILES string of the molecule is CCCNC(=O)n1c(=O)n(-c2ccc(NC(C)=O)cc2)c(=O)n1C(=O)NCCC. The Morgan fingerprint density at radius 2 is 1.28 bits per heavy atom. The number of hydrogen-bond acceptors (Lipinski definition) is 5. The number of rotatable bonds is 6. The van der Waals surface area contributed by atoms with Gasteiger partial charge in [-0.15, -0.1) is 9.36 Å². The maximum atomic E-state index is 12.9. The predicted molar refractivity (Wildman–Crippen MR) is 107 cm³/mol. The van der Waals surface area contributed by atoms with E-state index in [4.69, 9.17) is 0 Å². The first kappa shape index (κ1) is 21.7. The van der Waals surface area contributed by atoms with Gasteiger partial charge in [0.05, 0.1) is 5.69 Å². The van der Waals surface area contributed by atoms with E-state index >= 15 is 0 Å². The Bertz CT molecular complexity index is 963. The molecule has 0 radical (unpaired) electrons. The molecule has 1 aromatic carbocycles. The summed E-state index contributed by atoms with van der Waals surface area (Å²) in [5.41, 5.74) is -1.35. The maximum absolute atomic E-state index is 12.9. The Balaban J connectivity index is 2.58. The van der Waals surface area contributed by atoms with Crippen molar-refractivity contribution >= 4 is 23.7 Å². The van der Waals surface area contributed by atoms with E-state index < -0.39 is 23.4 Å². The third-order valence-corrected chi connectivity index (χ3v) is 3.83. The van der Waals surface area contributed by atoms with Gasteiger partial charge in [0.15, 0.2) is 0 Å². The normalized spacial score (nSPS) is 10.4. The molecule has 0 aliphatic carbocycles. The van der Waals surface area contributed by atoms with Crippen LogP contribution in [0.1, 0.15) is 33.6 Å². The number of nitrogens with zero attached hydrogens (tertiary/aromatic N) is 3. The van der Waals surface area contributed by atoms with Gasteiger partial charge in [0.25, 0.3) is 0 Å². The standard InChI is InChI=1S/C18H24N6O5/c1-4-10-19-15(26)23-17(28)22(18(29)24(23)16(27)20-11-5-2)14-8-6-13(7-9-14)21-12(3)25/h6-9H,4-5,10-11H2,1-3H3,(H,19,26)(H,20,27)(H,21,25). The van der Waals surface area contributed by atoms with Crippen LogP contribution in [0.3, 0.4) is 0 Å². The first-order valence-corrected chi connectivity index (χ1v) is 9.23. The fraction of sp³-hybridized carbons (Fsp3) is 0.389. The monoisotopic (exact) mass is 404 g/mol. The first-order chi connectivity index (χ1) is 13.8. The molecule has 0 aliphatic rings. The smallest absolute Gasteiger partial charge is 0.336 e. The van der Waals surface area contributed by atoms with E-state index in [1.165, 1.54) is 31.2 Å². The minimum atomic E-state index is -0.984. The average molecular weight is 404 g/mol. The Morgan fingerprint density at radius 3 is 1.66 bits per heavy atom. The zero-order chi connectivity index (χ0) is 21.6. The van der Waals surface area contributed by atoms with Crippen molar-refractivity contribution in [2.45, 2.75) is 33.6 Å². The maximum Gasteiger partial charge on any atom is 0.361 e. The lowest BCUT2D eigenvalue weighted by molar-refractivity contribution is -0.114. The Morgan fingerprint density at radius 1 is 0.828 bits per heavy atom. The molecule has 0 saturated carbocycles. The van der Waals surface area contributed by atoms with Crippen molar-refractivity contribution in [1.29, 1.82) is 0 Å². The van der Waals surface area contributed by atoms with Gasteiger partial charge in [0.1, 0.15) is 0 Å². The number of aromatic nitrogens is 3. The van der Waals surface area contributed by atoms with Crippen molar-refractivity contribution in [2.75, 3.05) is 18.4 Å². The van der Waals surface area contributed by atoms with E-state index in [9.17, 15) is 24.0 Å². The van der Waals surface area contributed by atoms with Crippen LogP contribution in [0.5, 0.6) is 0 Å². The second-order valence-electron chi connectivity index (χ2n) is 6.22. The van der Waals surface area contributed by atoms with Crippen molar-refractivity contribution in [3.63, 3.8) is 0 Å². The number of carbonyl (C=O) groups is 3. The van der Waals surface area contributed by atoms with Gasteiger partial charge >= 0.3 is 23.4 Å². The van der Waals surface area contributed by atoms with Gasteiger partial charge in [-0.3, -0.25) is 4.79 Å². The van der Waals surface area contributed by atoms with Crippen molar-refractivity contribution in [3.8, 4) is 5.69 Å². The number of anilines is 1. The molecule has 1 heterocycles. The molecule has 2 rings (SSSR count). The highest BCUT2D eigenvalue weighted by Gasteiger charge is 2.25. The van der Waals surface area contributed by atoms with E-state index in [-0.39, 0.29) is 24.7 Å². The molecule has 0 saturated heterocycles. The third-order valence-electron chi connectivity index (χ3n) is 3.83. The summed E-state index contributed by atoms with van der Waals surface area (Å²) in [6.45, 7) is 5.54. The van der Waals surface area contributed by atoms with Gasteiger partial charge in [-0.25, -0.2) is 23.7 Å². The molecule has 156 valence electrons. The van der Waals surface area contributed by atoms with E-state index in [1.807, 2.05) is 13.8 Å². The summed E-state index contributed by atoms with van der Waals surface area (Å²) < 4.78 is 1.67. The summed E-state index contributed by atoms with van der Waals surface area (Å²) >= 11 is 0. The number of hydrogen-bond donors (Lipinski definition) is 3. The van der Waals surface area contributed by atoms with Crippen LogP contribution in [-0.2, 0) is 4.79 Å². The van der Waals surface area contributed by atoms with Crippen molar-refractivity contribution in [1.82, 2.24) is 24.6 Å². The highest BCUT2D eigenvalue weighted by atomic mass is 16.2. The summed E-state index contributed by atoms with van der Waals surface area (Å²) in [6.07, 6.45) is 1.22. The highest BCUT2D eigenvalue weighted by molar-refractivity contribution is 5.88. The van der Waals surface area contributed by atoms with Crippen LogP contribution in [0.15, 0.2) is 33.9 Å². The molecule has 11 nitrogen and oxygen atoms in total. The zero-order valence-electron chi connectivity index (χ0n) is 16.5. The fourth-order valence-electron chi connectivity index (χ4n) is 2.53. The van der Waals surface area contributed by atoms with Gasteiger partial charge in [-0.1, -0.05) is 13.8 Å². The van der Waals surface area contributed by atoms with Gasteiger partial charge in [0, 0.05) is 25.7 Å². The molecule has 1 aromatic heterocycles. The van der Waals surface area contributed by atoms with Crippen LogP contribution >= 0.6 is 0 Å². The van der Waals surface area contributed by atoms with Gasteiger partial charge in [-0.05, 0) is 37.1 Å².